The summed E-state index contributed by atoms with van der Waals surface area (Å²) in [5, 5.41) is 4.06. The average Bonchev–Trinajstić information content (AvgIpc) is 3.07. The zero-order chi connectivity index (χ0) is 18.9. The van der Waals surface area contributed by atoms with Crippen LogP contribution in [0.1, 0.15) is 27.8 Å². The van der Waals surface area contributed by atoms with Crippen molar-refractivity contribution in [2.75, 3.05) is 4.72 Å². The van der Waals surface area contributed by atoms with E-state index >= 15 is 0 Å². The van der Waals surface area contributed by atoms with E-state index < -0.39 is 10.0 Å². The molecule has 0 saturated carbocycles. The Morgan fingerprint density at radius 1 is 1.00 bits per heavy atom. The molecular weight excluding hydrogens is 348 g/mol. The highest BCUT2D eigenvalue weighted by Gasteiger charge is 2.22. The number of hydrogen-bond acceptors (Lipinski definition) is 4. The molecule has 0 spiro atoms. The zero-order valence-corrected chi connectivity index (χ0v) is 16.1. The number of nitrogens with zero attached hydrogens (tertiary/aromatic N) is 3. The molecule has 0 radical (unpaired) electrons. The first-order valence-electron chi connectivity index (χ1n) is 8.29. The van der Waals surface area contributed by atoms with Crippen LogP contribution in [-0.4, -0.2) is 23.2 Å². The van der Waals surface area contributed by atoms with Crippen molar-refractivity contribution in [2.45, 2.75) is 39.1 Å². The second-order valence-electron chi connectivity index (χ2n) is 6.48. The van der Waals surface area contributed by atoms with Crippen LogP contribution in [0.2, 0.25) is 0 Å². The maximum atomic E-state index is 13.0. The number of rotatable bonds is 5. The summed E-state index contributed by atoms with van der Waals surface area (Å²) >= 11 is 0. The van der Waals surface area contributed by atoms with Gasteiger partial charge in [0.25, 0.3) is 10.0 Å². The number of aryl methyl sites for hydroxylation is 2. The normalized spacial score (nSPS) is 11.5. The van der Waals surface area contributed by atoms with Gasteiger partial charge in [-0.15, -0.1) is 0 Å². The smallest absolute Gasteiger partial charge is 0.262 e. The molecule has 0 aliphatic carbocycles. The molecule has 0 saturated heterocycles. The van der Waals surface area contributed by atoms with Gasteiger partial charge in [-0.3, -0.25) is 4.72 Å². The van der Waals surface area contributed by atoms with Crippen LogP contribution in [0, 0.1) is 27.7 Å². The van der Waals surface area contributed by atoms with Crippen LogP contribution >= 0.6 is 0 Å². The van der Waals surface area contributed by atoms with Crippen LogP contribution in [0.4, 0.5) is 5.69 Å². The van der Waals surface area contributed by atoms with Gasteiger partial charge in [-0.05, 0) is 67.6 Å². The second kappa shape index (κ2) is 6.92. The molecule has 0 bridgehead atoms. The Balaban J connectivity index is 1.86. The van der Waals surface area contributed by atoms with Crippen molar-refractivity contribution in [3.63, 3.8) is 0 Å². The summed E-state index contributed by atoms with van der Waals surface area (Å²) in [6, 6.07) is 9.29. The van der Waals surface area contributed by atoms with Gasteiger partial charge >= 0.3 is 0 Å². The minimum absolute atomic E-state index is 0.363. The van der Waals surface area contributed by atoms with Crippen molar-refractivity contribution in [3.05, 3.63) is 70.8 Å². The number of anilines is 1. The van der Waals surface area contributed by atoms with Crippen molar-refractivity contribution in [1.82, 2.24) is 14.8 Å². The summed E-state index contributed by atoms with van der Waals surface area (Å²) in [6.07, 6.45) is 3.12. The summed E-state index contributed by atoms with van der Waals surface area (Å²) in [4.78, 5) is 4.27. The highest BCUT2D eigenvalue weighted by atomic mass is 32.2. The molecule has 2 aromatic carbocycles. The second-order valence-corrected chi connectivity index (χ2v) is 8.10. The van der Waals surface area contributed by atoms with Crippen molar-refractivity contribution in [2.24, 2.45) is 0 Å². The van der Waals surface area contributed by atoms with Crippen LogP contribution in [0.25, 0.3) is 0 Å². The monoisotopic (exact) mass is 370 g/mol. The van der Waals surface area contributed by atoms with Crippen LogP contribution in [0.3, 0.4) is 0 Å². The van der Waals surface area contributed by atoms with Crippen LogP contribution in [0.15, 0.2) is 47.9 Å². The van der Waals surface area contributed by atoms with E-state index in [4.69, 9.17) is 0 Å². The van der Waals surface area contributed by atoms with Gasteiger partial charge in [0.1, 0.15) is 12.7 Å². The van der Waals surface area contributed by atoms with E-state index in [9.17, 15) is 8.42 Å². The van der Waals surface area contributed by atoms with Gasteiger partial charge in [-0.2, -0.15) is 5.10 Å². The van der Waals surface area contributed by atoms with E-state index in [2.05, 4.69) is 14.8 Å². The first kappa shape index (κ1) is 18.1. The van der Waals surface area contributed by atoms with Gasteiger partial charge in [0, 0.05) is 5.69 Å². The third kappa shape index (κ3) is 3.62. The van der Waals surface area contributed by atoms with Crippen LogP contribution < -0.4 is 4.72 Å². The van der Waals surface area contributed by atoms with E-state index in [0.717, 1.165) is 27.8 Å². The van der Waals surface area contributed by atoms with Gasteiger partial charge in [0.2, 0.25) is 0 Å². The first-order chi connectivity index (χ1) is 12.3. The van der Waals surface area contributed by atoms with Crippen molar-refractivity contribution in [3.8, 4) is 0 Å². The summed E-state index contributed by atoms with van der Waals surface area (Å²) in [5.74, 6) is 0. The molecule has 3 rings (SSSR count). The fraction of sp³-hybridized carbons (Fsp3) is 0.263. The van der Waals surface area contributed by atoms with E-state index in [-0.39, 0.29) is 0 Å². The van der Waals surface area contributed by atoms with E-state index in [1.165, 1.54) is 6.33 Å². The van der Waals surface area contributed by atoms with Gasteiger partial charge < -0.3 is 0 Å². The lowest BCUT2D eigenvalue weighted by Gasteiger charge is -2.17. The molecule has 1 N–H and O–H groups in total. The van der Waals surface area contributed by atoms with E-state index in [0.29, 0.717) is 17.1 Å². The number of sulfonamides is 1. The molecule has 0 amide bonds. The standard InChI is InChI=1S/C19H22N4O2S/c1-13-9-14(2)16(4)19(15(13)3)26(24,25)22-18-7-5-17(6-8-18)10-23-12-20-11-21-23/h5-9,11-12,22H,10H2,1-4H3. The Hall–Kier alpha value is -2.67. The third-order valence-electron chi connectivity index (χ3n) is 4.58. The molecule has 6 nitrogen and oxygen atoms in total. The Labute approximate surface area is 154 Å². The summed E-state index contributed by atoms with van der Waals surface area (Å²) in [6.45, 7) is 8.14. The largest absolute Gasteiger partial charge is 0.280 e. The minimum Gasteiger partial charge on any atom is -0.280 e. The first-order valence-corrected chi connectivity index (χ1v) is 9.78. The Morgan fingerprint density at radius 3 is 2.15 bits per heavy atom. The van der Waals surface area contributed by atoms with Crippen molar-refractivity contribution in [1.29, 1.82) is 0 Å². The van der Waals surface area contributed by atoms with Gasteiger partial charge in [-0.25, -0.2) is 18.1 Å². The molecule has 0 atom stereocenters. The molecule has 1 aromatic heterocycles. The molecule has 136 valence electrons. The zero-order valence-electron chi connectivity index (χ0n) is 15.3. The lowest BCUT2D eigenvalue weighted by Crippen LogP contribution is -2.17. The molecule has 26 heavy (non-hydrogen) atoms. The van der Waals surface area contributed by atoms with Crippen molar-refractivity contribution < 1.29 is 8.42 Å². The highest BCUT2D eigenvalue weighted by molar-refractivity contribution is 7.92. The van der Waals surface area contributed by atoms with Gasteiger partial charge in [-0.1, -0.05) is 18.2 Å². The third-order valence-corrected chi connectivity index (χ3v) is 6.24. The molecule has 3 aromatic rings. The molecule has 0 unspecified atom stereocenters. The van der Waals surface area contributed by atoms with Crippen LogP contribution in [-0.2, 0) is 16.6 Å². The minimum atomic E-state index is -3.66. The molecule has 0 aliphatic heterocycles. The van der Waals surface area contributed by atoms with Gasteiger partial charge in [0.15, 0.2) is 0 Å². The molecule has 0 fully saturated rings. The predicted octanol–water partition coefficient (Wildman–Crippen LogP) is 3.36. The quantitative estimate of drug-likeness (QED) is 0.747. The predicted molar refractivity (Wildman–Crippen MR) is 102 cm³/mol. The molecule has 1 heterocycles. The Kier molecular flexibility index (Phi) is 4.82. The highest BCUT2D eigenvalue weighted by Crippen LogP contribution is 2.28. The number of aromatic nitrogens is 3. The van der Waals surface area contributed by atoms with Crippen molar-refractivity contribution >= 4 is 15.7 Å². The van der Waals surface area contributed by atoms with Crippen LogP contribution in [0.5, 0.6) is 0 Å². The molecule has 0 aliphatic rings. The fourth-order valence-corrected chi connectivity index (χ4v) is 4.65. The van der Waals surface area contributed by atoms with E-state index in [1.54, 1.807) is 23.1 Å². The lowest BCUT2D eigenvalue weighted by atomic mass is 10.0. The lowest BCUT2D eigenvalue weighted by molar-refractivity contribution is 0.599. The number of hydrogen-bond donors (Lipinski definition) is 1. The summed E-state index contributed by atoms with van der Waals surface area (Å²) < 4.78 is 30.3. The summed E-state index contributed by atoms with van der Waals surface area (Å²) in [7, 11) is -3.66. The average molecular weight is 370 g/mol. The Bertz CT molecular complexity index is 998. The van der Waals surface area contributed by atoms with Gasteiger partial charge in [0.05, 0.1) is 11.4 Å². The maximum Gasteiger partial charge on any atom is 0.262 e. The summed E-state index contributed by atoms with van der Waals surface area (Å²) in [5.41, 5.74) is 5.04. The number of benzene rings is 2. The van der Waals surface area contributed by atoms with E-state index in [1.807, 2.05) is 45.9 Å². The molecular formula is C19H22N4O2S. The SMILES string of the molecule is Cc1cc(C)c(C)c(S(=O)(=O)Nc2ccc(Cn3cncn3)cc2)c1C. The maximum absolute atomic E-state index is 13.0. The topological polar surface area (TPSA) is 76.9 Å². The molecule has 7 heteroatoms. The fourth-order valence-electron chi connectivity index (χ4n) is 2.97. The Morgan fingerprint density at radius 2 is 1.62 bits per heavy atom. The number of nitrogens with one attached hydrogen (secondary N) is 1.